The van der Waals surface area contributed by atoms with Crippen molar-refractivity contribution in [3.8, 4) is 22.5 Å². The van der Waals surface area contributed by atoms with Crippen molar-refractivity contribution in [2.45, 2.75) is 23.7 Å². The van der Waals surface area contributed by atoms with Gasteiger partial charge < -0.3 is 9.32 Å². The van der Waals surface area contributed by atoms with Crippen LogP contribution in [0.4, 0.5) is 8.78 Å². The van der Waals surface area contributed by atoms with Gasteiger partial charge in [0.2, 0.25) is 0 Å². The molecule has 4 aromatic rings. The van der Waals surface area contributed by atoms with Crippen molar-refractivity contribution < 1.29 is 18.0 Å². The largest absolute Gasteiger partial charge is 0.454 e. The number of aromatic nitrogens is 2. The molecule has 33 heavy (non-hydrogen) atoms. The van der Waals surface area contributed by atoms with E-state index in [0.29, 0.717) is 16.9 Å². The van der Waals surface area contributed by atoms with Crippen molar-refractivity contribution in [1.82, 2.24) is 14.9 Å². The molecule has 5 rings (SSSR count). The van der Waals surface area contributed by atoms with Crippen molar-refractivity contribution in [1.29, 1.82) is 0 Å². The first-order chi connectivity index (χ1) is 15.9. The van der Waals surface area contributed by atoms with E-state index in [1.165, 1.54) is 9.80 Å². The number of nitrogens with zero attached hydrogens (tertiary/aromatic N) is 3. The van der Waals surface area contributed by atoms with Gasteiger partial charge in [0.05, 0.1) is 0 Å². The number of rotatable bonds is 4. The van der Waals surface area contributed by atoms with E-state index in [4.69, 9.17) is 4.42 Å². The van der Waals surface area contributed by atoms with Crippen molar-refractivity contribution in [3.05, 3.63) is 66.6 Å². The van der Waals surface area contributed by atoms with Crippen LogP contribution in [0.3, 0.4) is 0 Å². The van der Waals surface area contributed by atoms with Gasteiger partial charge in [-0.25, -0.2) is 8.78 Å². The van der Waals surface area contributed by atoms with Crippen LogP contribution >= 0.6 is 11.8 Å². The highest BCUT2D eigenvalue weighted by molar-refractivity contribution is 7.98. The Labute approximate surface area is 193 Å². The van der Waals surface area contributed by atoms with E-state index < -0.39 is 5.92 Å². The summed E-state index contributed by atoms with van der Waals surface area (Å²) in [5, 5.41) is 0. The summed E-state index contributed by atoms with van der Waals surface area (Å²) in [6, 6.07) is 15.3. The minimum Gasteiger partial charge on any atom is -0.454 e. The van der Waals surface area contributed by atoms with Crippen LogP contribution in [-0.2, 0) is 0 Å². The Morgan fingerprint density at radius 1 is 1.00 bits per heavy atom. The number of amides is 1. The number of piperidine rings is 1. The SMILES string of the molecule is CSc1ccc(-c2cc3nccc(-c4ccnc(C(=O)N5CCC(F)(F)CC5)c4)c3o2)cc1. The summed E-state index contributed by atoms with van der Waals surface area (Å²) in [4.78, 5) is 24.1. The molecule has 0 spiro atoms. The fourth-order valence-corrected chi connectivity index (χ4v) is 4.39. The molecular formula is C25H21F2N3O2S. The highest BCUT2D eigenvalue weighted by Crippen LogP contribution is 2.34. The quantitative estimate of drug-likeness (QED) is 0.338. The van der Waals surface area contributed by atoms with Crippen LogP contribution in [0.25, 0.3) is 33.6 Å². The molecule has 168 valence electrons. The highest BCUT2D eigenvalue weighted by Gasteiger charge is 2.36. The minimum atomic E-state index is -2.71. The zero-order valence-corrected chi connectivity index (χ0v) is 18.7. The first-order valence-corrected chi connectivity index (χ1v) is 11.8. The predicted molar refractivity (Wildman–Crippen MR) is 125 cm³/mol. The van der Waals surface area contributed by atoms with Gasteiger partial charge in [-0.15, -0.1) is 11.8 Å². The Kier molecular flexibility index (Phi) is 5.62. The van der Waals surface area contributed by atoms with Crippen LogP contribution in [0.15, 0.2) is 70.2 Å². The lowest BCUT2D eigenvalue weighted by atomic mass is 10.0. The van der Waals surface area contributed by atoms with Crippen LogP contribution in [0.2, 0.25) is 0 Å². The lowest BCUT2D eigenvalue weighted by Crippen LogP contribution is -2.43. The molecule has 4 heterocycles. The number of hydrogen-bond acceptors (Lipinski definition) is 5. The Morgan fingerprint density at radius 3 is 2.45 bits per heavy atom. The molecule has 0 aliphatic carbocycles. The second kappa shape index (κ2) is 8.59. The Balaban J connectivity index is 1.47. The van der Waals surface area contributed by atoms with Crippen LogP contribution in [0.1, 0.15) is 23.3 Å². The van der Waals surface area contributed by atoms with Gasteiger partial charge in [-0.1, -0.05) is 12.1 Å². The molecule has 3 aromatic heterocycles. The first-order valence-electron chi connectivity index (χ1n) is 10.6. The number of carbonyl (C=O) groups is 1. The van der Waals surface area contributed by atoms with Gasteiger partial charge in [-0.2, -0.15) is 0 Å². The molecule has 8 heteroatoms. The number of alkyl halides is 2. The summed E-state index contributed by atoms with van der Waals surface area (Å²) in [5.74, 6) is -2.34. The predicted octanol–water partition coefficient (Wildman–Crippen LogP) is 6.15. The van der Waals surface area contributed by atoms with E-state index >= 15 is 0 Å². The molecule has 1 aliphatic heterocycles. The number of pyridine rings is 2. The molecule has 1 aromatic carbocycles. The summed E-state index contributed by atoms with van der Waals surface area (Å²) in [6.07, 6.45) is 4.63. The van der Waals surface area contributed by atoms with E-state index in [-0.39, 0.29) is 37.5 Å². The fraction of sp³-hybridized carbons (Fsp3) is 0.240. The van der Waals surface area contributed by atoms with Gasteiger partial charge in [-0.05, 0) is 42.2 Å². The lowest BCUT2D eigenvalue weighted by molar-refractivity contribution is -0.0495. The Morgan fingerprint density at radius 2 is 1.73 bits per heavy atom. The zero-order chi connectivity index (χ0) is 23.0. The monoisotopic (exact) mass is 465 g/mol. The summed E-state index contributed by atoms with van der Waals surface area (Å²) < 4.78 is 33.1. The third-order valence-electron chi connectivity index (χ3n) is 5.86. The molecule has 0 N–H and O–H groups in total. The van der Waals surface area contributed by atoms with Gasteiger partial charge in [0, 0.05) is 60.4 Å². The first kappa shape index (κ1) is 21.6. The molecule has 0 saturated carbocycles. The van der Waals surface area contributed by atoms with Crippen molar-refractivity contribution >= 4 is 28.8 Å². The van der Waals surface area contributed by atoms with E-state index in [1.54, 1.807) is 36.3 Å². The van der Waals surface area contributed by atoms with E-state index in [1.807, 2.05) is 42.7 Å². The number of furan rings is 1. The Hall–Kier alpha value is -3.26. The molecule has 0 bridgehead atoms. The summed E-state index contributed by atoms with van der Waals surface area (Å²) >= 11 is 1.67. The maximum absolute atomic E-state index is 13.5. The zero-order valence-electron chi connectivity index (χ0n) is 17.9. The van der Waals surface area contributed by atoms with Crippen LogP contribution in [0, 0.1) is 0 Å². The average molecular weight is 466 g/mol. The number of halogens is 2. The second-order valence-corrected chi connectivity index (χ2v) is 8.87. The Bertz CT molecular complexity index is 1310. The van der Waals surface area contributed by atoms with E-state index in [0.717, 1.165) is 16.7 Å². The van der Waals surface area contributed by atoms with Gasteiger partial charge in [-0.3, -0.25) is 14.8 Å². The third-order valence-corrected chi connectivity index (χ3v) is 6.60. The summed E-state index contributed by atoms with van der Waals surface area (Å²) in [6.45, 7) is 0.0439. The molecular weight excluding hydrogens is 444 g/mol. The molecule has 0 unspecified atom stereocenters. The number of benzene rings is 1. The van der Waals surface area contributed by atoms with Crippen molar-refractivity contribution in [2.75, 3.05) is 19.3 Å². The van der Waals surface area contributed by atoms with Crippen molar-refractivity contribution in [2.24, 2.45) is 0 Å². The van der Waals surface area contributed by atoms with Gasteiger partial charge >= 0.3 is 0 Å². The standard InChI is InChI=1S/C25H21F2N3O2S/c1-33-18-4-2-16(3-5-18)22-15-20-23(32-22)19(7-11-28-20)17-6-10-29-21(14-17)24(31)30-12-8-25(26,27)9-13-30/h2-7,10-11,14-15H,8-9,12-13H2,1H3. The number of hydrogen-bond donors (Lipinski definition) is 0. The van der Waals surface area contributed by atoms with Gasteiger partial charge in [0.25, 0.3) is 11.8 Å². The molecule has 0 atom stereocenters. The molecule has 1 amide bonds. The maximum Gasteiger partial charge on any atom is 0.272 e. The number of carbonyl (C=O) groups excluding carboxylic acids is 1. The molecule has 1 fully saturated rings. The molecule has 1 aliphatic rings. The molecule has 0 radical (unpaired) electrons. The maximum atomic E-state index is 13.5. The number of thioether (sulfide) groups is 1. The molecule has 5 nitrogen and oxygen atoms in total. The fourth-order valence-electron chi connectivity index (χ4n) is 3.98. The van der Waals surface area contributed by atoms with E-state index in [2.05, 4.69) is 9.97 Å². The van der Waals surface area contributed by atoms with E-state index in [9.17, 15) is 13.6 Å². The van der Waals surface area contributed by atoms with Crippen molar-refractivity contribution in [3.63, 3.8) is 0 Å². The lowest BCUT2D eigenvalue weighted by Gasteiger charge is -2.31. The third kappa shape index (κ3) is 4.35. The number of likely N-dealkylation sites (tertiary alicyclic amines) is 1. The van der Waals surface area contributed by atoms with Gasteiger partial charge in [0.1, 0.15) is 17.0 Å². The van der Waals surface area contributed by atoms with Crippen LogP contribution < -0.4 is 0 Å². The minimum absolute atomic E-state index is 0.0219. The smallest absolute Gasteiger partial charge is 0.272 e. The number of fused-ring (bicyclic) bond motifs is 1. The van der Waals surface area contributed by atoms with Crippen LogP contribution in [0.5, 0.6) is 0 Å². The topological polar surface area (TPSA) is 59.2 Å². The van der Waals surface area contributed by atoms with Gasteiger partial charge in [0.15, 0.2) is 5.58 Å². The highest BCUT2D eigenvalue weighted by atomic mass is 32.2. The average Bonchev–Trinajstić information content (AvgIpc) is 3.28. The second-order valence-electron chi connectivity index (χ2n) is 7.99. The van der Waals surface area contributed by atoms with Crippen LogP contribution in [-0.4, -0.2) is 46.0 Å². The summed E-state index contributed by atoms with van der Waals surface area (Å²) in [7, 11) is 0. The normalized spacial score (nSPS) is 15.7. The molecule has 1 saturated heterocycles. The summed E-state index contributed by atoms with van der Waals surface area (Å²) in [5.41, 5.74) is 4.03.